The third-order valence-corrected chi connectivity index (χ3v) is 16.9. The summed E-state index contributed by atoms with van der Waals surface area (Å²) in [6, 6.07) is 26.6. The van der Waals surface area contributed by atoms with E-state index in [1.807, 2.05) is 72.8 Å². The second-order valence-electron chi connectivity index (χ2n) is 21.6. The second kappa shape index (κ2) is 30.1. The molecule has 5 heterocycles. The standard InChI is InChI=1S/C63H84Cl2N8O6/c1-3-68(4-2)32-13-26-66-62(74)60(72-38-34-70(35-39-72)28-7-5-11-42-76-52-22-24-54-56(46-78-58(54)44-52)48-14-18-50(64)19-15-48)61(63(75)67-27-33-69-30-9-10-31-69)73-40-36-71(37-41-73)29-8-6-12-43-77-53-23-25-55-57(47-79-59(55)45-53)49-16-20-51(65)21-17-49/h14-25,44-47,60-61H,3-13,26-43H2,1-2H3,(H,66,74)(H,67,75). The fourth-order valence-electron chi connectivity index (χ4n) is 11.7. The van der Waals surface area contributed by atoms with E-state index in [2.05, 4.69) is 66.0 Å². The number of hydrogen-bond donors (Lipinski definition) is 2. The van der Waals surface area contributed by atoms with Crippen molar-refractivity contribution < 1.29 is 27.9 Å². The Bertz CT molecular complexity index is 2800. The Balaban J connectivity index is 0.753. The molecule has 2 aromatic heterocycles. The van der Waals surface area contributed by atoms with E-state index in [-0.39, 0.29) is 11.8 Å². The molecule has 2 amide bonds. The lowest BCUT2D eigenvalue weighted by molar-refractivity contribution is -0.140. The first kappa shape index (κ1) is 58.5. The summed E-state index contributed by atoms with van der Waals surface area (Å²) in [5, 5.41) is 10.2. The number of carbonyl (C=O) groups excluding carboxylic acids is 2. The van der Waals surface area contributed by atoms with Crippen molar-refractivity contribution in [1.29, 1.82) is 0 Å². The van der Waals surface area contributed by atoms with Gasteiger partial charge in [-0.1, -0.05) is 61.3 Å². The number of piperazine rings is 2. The van der Waals surface area contributed by atoms with Crippen LogP contribution in [-0.2, 0) is 9.59 Å². The largest absolute Gasteiger partial charge is 0.493 e. The Morgan fingerprint density at radius 2 is 0.975 bits per heavy atom. The van der Waals surface area contributed by atoms with Gasteiger partial charge >= 0.3 is 0 Å². The molecule has 9 rings (SSSR count). The quantitative estimate of drug-likeness (QED) is 0.0418. The highest BCUT2D eigenvalue weighted by atomic mass is 35.5. The molecule has 2 atom stereocenters. The lowest BCUT2D eigenvalue weighted by Crippen LogP contribution is -2.68. The number of furan rings is 2. The van der Waals surface area contributed by atoms with E-state index in [0.29, 0.717) is 36.3 Å². The highest BCUT2D eigenvalue weighted by molar-refractivity contribution is 6.31. The Hall–Kier alpha value is -5.16. The van der Waals surface area contributed by atoms with Crippen molar-refractivity contribution in [2.75, 3.05) is 131 Å². The normalized spacial score (nSPS) is 17.0. The zero-order chi connectivity index (χ0) is 54.8. The van der Waals surface area contributed by atoms with Crippen LogP contribution < -0.4 is 20.1 Å². The van der Waals surface area contributed by atoms with E-state index in [9.17, 15) is 9.59 Å². The van der Waals surface area contributed by atoms with Gasteiger partial charge in [0.2, 0.25) is 11.8 Å². The van der Waals surface area contributed by atoms with Crippen LogP contribution in [0.25, 0.3) is 44.2 Å². The third kappa shape index (κ3) is 16.5. The first-order valence-corrected chi connectivity index (χ1v) is 30.2. The molecule has 0 radical (unpaired) electrons. The Morgan fingerprint density at radius 1 is 0.532 bits per heavy atom. The summed E-state index contributed by atoms with van der Waals surface area (Å²) < 4.78 is 24.2. The molecule has 0 spiro atoms. The number of likely N-dealkylation sites (tertiary alicyclic amines) is 1. The summed E-state index contributed by atoms with van der Waals surface area (Å²) in [7, 11) is 0. The summed E-state index contributed by atoms with van der Waals surface area (Å²) in [5.74, 6) is 1.56. The van der Waals surface area contributed by atoms with Crippen LogP contribution >= 0.6 is 23.2 Å². The van der Waals surface area contributed by atoms with Gasteiger partial charge in [0.25, 0.3) is 0 Å². The van der Waals surface area contributed by atoms with Crippen LogP contribution in [0.5, 0.6) is 11.5 Å². The number of nitrogens with one attached hydrogen (secondary N) is 2. The first-order chi connectivity index (χ1) is 38.7. The molecule has 0 bridgehead atoms. The number of carbonyl (C=O) groups is 2. The van der Waals surface area contributed by atoms with Gasteiger partial charge in [0.15, 0.2) is 0 Å². The maximum absolute atomic E-state index is 14.7. The molecule has 6 aromatic rings. The summed E-state index contributed by atoms with van der Waals surface area (Å²) >= 11 is 12.2. The maximum Gasteiger partial charge on any atom is 0.239 e. The Labute approximate surface area is 478 Å². The average Bonchev–Trinajstić information content (AvgIpc) is 4.27. The van der Waals surface area contributed by atoms with E-state index in [4.69, 9.17) is 41.5 Å². The van der Waals surface area contributed by atoms with Crippen molar-refractivity contribution in [3.8, 4) is 33.8 Å². The van der Waals surface area contributed by atoms with Gasteiger partial charge in [-0.15, -0.1) is 0 Å². The highest BCUT2D eigenvalue weighted by Gasteiger charge is 2.43. The van der Waals surface area contributed by atoms with Gasteiger partial charge in [0.05, 0.1) is 25.7 Å². The molecule has 3 fully saturated rings. The van der Waals surface area contributed by atoms with Gasteiger partial charge < -0.3 is 48.5 Å². The van der Waals surface area contributed by atoms with Crippen LogP contribution in [0.3, 0.4) is 0 Å². The smallest absolute Gasteiger partial charge is 0.239 e. The Morgan fingerprint density at radius 3 is 1.43 bits per heavy atom. The molecular formula is C63H84Cl2N8O6. The van der Waals surface area contributed by atoms with Crippen molar-refractivity contribution in [3.63, 3.8) is 0 Å². The zero-order valence-corrected chi connectivity index (χ0v) is 48.3. The van der Waals surface area contributed by atoms with Crippen molar-refractivity contribution in [1.82, 2.24) is 40.0 Å². The summed E-state index contributed by atoms with van der Waals surface area (Å²) in [4.78, 5) is 44.0. The van der Waals surface area contributed by atoms with Gasteiger partial charge in [0, 0.05) is 116 Å². The molecule has 3 aliphatic heterocycles. The fraction of sp³-hybridized carbons (Fsp3) is 0.524. The molecule has 14 nitrogen and oxygen atoms in total. The molecule has 2 unspecified atom stereocenters. The van der Waals surface area contributed by atoms with E-state index >= 15 is 0 Å². The van der Waals surface area contributed by atoms with Crippen LogP contribution in [0, 0.1) is 0 Å². The number of rotatable bonds is 30. The molecule has 3 aliphatic rings. The molecule has 3 saturated heterocycles. The van der Waals surface area contributed by atoms with Crippen LogP contribution in [-0.4, -0.2) is 184 Å². The summed E-state index contributed by atoms with van der Waals surface area (Å²) in [5.41, 5.74) is 5.81. The molecule has 16 heteroatoms. The minimum Gasteiger partial charge on any atom is -0.493 e. The predicted octanol–water partition coefficient (Wildman–Crippen LogP) is 10.7. The maximum atomic E-state index is 14.7. The molecule has 0 saturated carbocycles. The summed E-state index contributed by atoms with van der Waals surface area (Å²) in [6.07, 6.45) is 13.0. The number of amides is 2. The van der Waals surface area contributed by atoms with Gasteiger partial charge in [-0.05, 0) is 163 Å². The van der Waals surface area contributed by atoms with Crippen LogP contribution in [0.15, 0.2) is 106 Å². The first-order valence-electron chi connectivity index (χ1n) is 29.5. The molecule has 0 aliphatic carbocycles. The SMILES string of the molecule is CCN(CC)CCCNC(=O)C(C(C(=O)NCCN1CCCC1)N1CCN(CCCCCOc2ccc3c(-c4ccc(Cl)cc4)coc3c2)CC1)N1CCN(CCCCCOc2ccc3c(-c4ccc(Cl)cc4)coc3c2)CC1. The lowest BCUT2D eigenvalue weighted by Gasteiger charge is -2.46. The second-order valence-corrected chi connectivity index (χ2v) is 22.5. The topological polar surface area (TPSA) is 122 Å². The van der Waals surface area contributed by atoms with Crippen LogP contribution in [0.1, 0.15) is 71.6 Å². The van der Waals surface area contributed by atoms with Crippen molar-refractivity contribution in [2.45, 2.75) is 83.7 Å². The van der Waals surface area contributed by atoms with Gasteiger partial charge in [0.1, 0.15) is 34.7 Å². The van der Waals surface area contributed by atoms with Crippen LogP contribution in [0.4, 0.5) is 0 Å². The van der Waals surface area contributed by atoms with E-state index in [1.165, 1.54) is 12.8 Å². The molecular weight excluding hydrogens is 1040 g/mol. The monoisotopic (exact) mass is 1120 g/mol. The zero-order valence-electron chi connectivity index (χ0n) is 46.8. The summed E-state index contributed by atoms with van der Waals surface area (Å²) in [6.45, 7) is 21.1. The van der Waals surface area contributed by atoms with Gasteiger partial charge in [-0.25, -0.2) is 0 Å². The van der Waals surface area contributed by atoms with Crippen LogP contribution in [0.2, 0.25) is 10.0 Å². The number of benzene rings is 4. The van der Waals surface area contributed by atoms with Crippen molar-refractivity contribution >= 4 is 57.0 Å². The molecule has 79 heavy (non-hydrogen) atoms. The Kier molecular flexibility index (Phi) is 22.3. The minimum absolute atomic E-state index is 0.0273. The number of hydrogen-bond acceptors (Lipinski definition) is 12. The molecule has 2 N–H and O–H groups in total. The van der Waals surface area contributed by atoms with Crippen molar-refractivity contribution in [3.05, 3.63) is 108 Å². The van der Waals surface area contributed by atoms with Crippen molar-refractivity contribution in [2.24, 2.45) is 0 Å². The lowest BCUT2D eigenvalue weighted by atomic mass is 9.99. The minimum atomic E-state index is -0.588. The molecule has 4 aromatic carbocycles. The number of unbranched alkanes of at least 4 members (excludes halogenated alkanes) is 4. The molecule has 426 valence electrons. The number of ether oxygens (including phenoxy) is 2. The third-order valence-electron chi connectivity index (χ3n) is 16.4. The fourth-order valence-corrected chi connectivity index (χ4v) is 11.9. The van der Waals surface area contributed by atoms with E-state index in [0.717, 1.165) is 205 Å². The van der Waals surface area contributed by atoms with E-state index in [1.54, 1.807) is 12.5 Å². The highest BCUT2D eigenvalue weighted by Crippen LogP contribution is 2.35. The predicted molar refractivity (Wildman–Crippen MR) is 320 cm³/mol. The number of fused-ring (bicyclic) bond motifs is 2. The number of nitrogens with zero attached hydrogens (tertiary/aromatic N) is 6. The number of halogens is 2. The van der Waals surface area contributed by atoms with E-state index < -0.39 is 12.1 Å². The van der Waals surface area contributed by atoms with Gasteiger partial charge in [-0.2, -0.15) is 0 Å². The average molecular weight is 1120 g/mol. The van der Waals surface area contributed by atoms with Gasteiger partial charge in [-0.3, -0.25) is 19.4 Å².